The number of hydrogen-bond donors (Lipinski definition) is 1. The van der Waals surface area contributed by atoms with Gasteiger partial charge in [-0.3, -0.25) is 4.68 Å². The fourth-order valence-electron chi connectivity index (χ4n) is 2.33. The smallest absolute Gasteiger partial charge is 0.155 e. The zero-order valence-corrected chi connectivity index (χ0v) is 12.3. The molecule has 0 spiro atoms. The minimum absolute atomic E-state index is 0.681. The lowest BCUT2D eigenvalue weighted by Crippen LogP contribution is -2.04. The Morgan fingerprint density at radius 2 is 1.95 bits per heavy atom. The van der Waals surface area contributed by atoms with Gasteiger partial charge in [0.15, 0.2) is 5.82 Å². The van der Waals surface area contributed by atoms with Crippen LogP contribution < -0.4 is 10.1 Å². The van der Waals surface area contributed by atoms with Crippen LogP contribution in [0.15, 0.2) is 30.6 Å². The highest BCUT2D eigenvalue weighted by Gasteiger charge is 2.11. The molecule has 6 heteroatoms. The Balaban J connectivity index is 1.84. The molecule has 0 fully saturated rings. The molecule has 0 bridgehead atoms. The quantitative estimate of drug-likeness (QED) is 0.796. The highest BCUT2D eigenvalue weighted by molar-refractivity contribution is 5.87. The van der Waals surface area contributed by atoms with Crippen molar-refractivity contribution >= 4 is 16.9 Å². The number of fused-ring (bicyclic) bond motifs is 1. The van der Waals surface area contributed by atoms with Crippen molar-refractivity contribution in [2.24, 2.45) is 7.05 Å². The molecule has 1 aromatic carbocycles. The largest absolute Gasteiger partial charge is 0.497 e. The lowest BCUT2D eigenvalue weighted by Gasteiger charge is -2.08. The molecule has 0 saturated heterocycles. The molecule has 21 heavy (non-hydrogen) atoms. The topological polar surface area (TPSA) is 64.9 Å². The summed E-state index contributed by atoms with van der Waals surface area (Å²) in [6, 6.07) is 7.94. The maximum absolute atomic E-state index is 5.16. The predicted molar refractivity (Wildman–Crippen MR) is 81.4 cm³/mol. The Kier molecular flexibility index (Phi) is 3.43. The second kappa shape index (κ2) is 5.40. The number of anilines is 1. The van der Waals surface area contributed by atoms with E-state index in [1.807, 2.05) is 38.2 Å². The number of aryl methyl sites for hydroxylation is 2. The standard InChI is InChI=1S/C15H17N5O/c1-10-13-14(20(2)19-10)15(18-9-17-13)16-8-11-4-6-12(21-3)7-5-11/h4-7,9H,8H2,1-3H3,(H,16,17,18). The molecule has 0 saturated carbocycles. The SMILES string of the molecule is COc1ccc(CNc2ncnc3c(C)nn(C)c23)cc1. The first kappa shape index (κ1) is 13.4. The molecule has 0 unspecified atom stereocenters. The van der Waals surface area contributed by atoms with Gasteiger partial charge in [0, 0.05) is 13.6 Å². The van der Waals surface area contributed by atoms with Crippen LogP contribution in [-0.4, -0.2) is 26.9 Å². The van der Waals surface area contributed by atoms with Crippen LogP contribution in [0.4, 0.5) is 5.82 Å². The number of aromatic nitrogens is 4. The summed E-state index contributed by atoms with van der Waals surface area (Å²) in [6.45, 7) is 2.63. The van der Waals surface area contributed by atoms with Crippen LogP contribution in [0.5, 0.6) is 5.75 Å². The molecule has 1 N–H and O–H groups in total. The minimum Gasteiger partial charge on any atom is -0.497 e. The number of ether oxygens (including phenoxy) is 1. The summed E-state index contributed by atoms with van der Waals surface area (Å²) in [5.41, 5.74) is 3.86. The average Bonchev–Trinajstić information content (AvgIpc) is 2.81. The summed E-state index contributed by atoms with van der Waals surface area (Å²) in [7, 11) is 3.56. The fourth-order valence-corrected chi connectivity index (χ4v) is 2.33. The van der Waals surface area contributed by atoms with E-state index in [9.17, 15) is 0 Å². The Morgan fingerprint density at radius 1 is 1.19 bits per heavy atom. The van der Waals surface area contributed by atoms with E-state index < -0.39 is 0 Å². The molecule has 2 aromatic heterocycles. The lowest BCUT2D eigenvalue weighted by molar-refractivity contribution is 0.414. The summed E-state index contributed by atoms with van der Waals surface area (Å²) < 4.78 is 6.96. The Morgan fingerprint density at radius 3 is 2.67 bits per heavy atom. The zero-order valence-electron chi connectivity index (χ0n) is 12.3. The van der Waals surface area contributed by atoms with Gasteiger partial charge in [-0.05, 0) is 24.6 Å². The zero-order chi connectivity index (χ0) is 14.8. The molecule has 0 aliphatic carbocycles. The van der Waals surface area contributed by atoms with Crippen LogP contribution >= 0.6 is 0 Å². The van der Waals surface area contributed by atoms with Crippen molar-refractivity contribution in [2.75, 3.05) is 12.4 Å². The van der Waals surface area contributed by atoms with Crippen LogP contribution in [0.3, 0.4) is 0 Å². The molecule has 0 radical (unpaired) electrons. The highest BCUT2D eigenvalue weighted by atomic mass is 16.5. The molecule has 6 nitrogen and oxygen atoms in total. The number of benzene rings is 1. The molecule has 3 aromatic rings. The van der Waals surface area contributed by atoms with Crippen molar-refractivity contribution in [1.82, 2.24) is 19.7 Å². The maximum atomic E-state index is 5.16. The van der Waals surface area contributed by atoms with Gasteiger partial charge in [-0.15, -0.1) is 0 Å². The van der Waals surface area contributed by atoms with Gasteiger partial charge < -0.3 is 10.1 Å². The van der Waals surface area contributed by atoms with E-state index in [2.05, 4.69) is 20.4 Å². The summed E-state index contributed by atoms with van der Waals surface area (Å²) in [5.74, 6) is 1.64. The maximum Gasteiger partial charge on any atom is 0.155 e. The van der Waals surface area contributed by atoms with E-state index in [0.29, 0.717) is 6.54 Å². The van der Waals surface area contributed by atoms with Crippen molar-refractivity contribution in [3.8, 4) is 5.75 Å². The van der Waals surface area contributed by atoms with E-state index >= 15 is 0 Å². The van der Waals surface area contributed by atoms with E-state index in [4.69, 9.17) is 4.74 Å². The fraction of sp³-hybridized carbons (Fsp3) is 0.267. The molecule has 0 aliphatic heterocycles. The van der Waals surface area contributed by atoms with E-state index in [0.717, 1.165) is 33.9 Å². The second-order valence-corrected chi connectivity index (χ2v) is 4.83. The van der Waals surface area contributed by atoms with Crippen molar-refractivity contribution in [2.45, 2.75) is 13.5 Å². The molecule has 0 amide bonds. The van der Waals surface area contributed by atoms with Crippen LogP contribution in [-0.2, 0) is 13.6 Å². The van der Waals surface area contributed by atoms with E-state index in [-0.39, 0.29) is 0 Å². The summed E-state index contributed by atoms with van der Waals surface area (Å²) in [5, 5.41) is 7.73. The van der Waals surface area contributed by atoms with Gasteiger partial charge in [0.05, 0.1) is 12.8 Å². The van der Waals surface area contributed by atoms with Crippen molar-refractivity contribution in [3.05, 3.63) is 41.9 Å². The van der Waals surface area contributed by atoms with Gasteiger partial charge in [-0.1, -0.05) is 12.1 Å². The Bertz CT molecular complexity index is 764. The summed E-state index contributed by atoms with van der Waals surface area (Å²) >= 11 is 0. The minimum atomic E-state index is 0.681. The lowest BCUT2D eigenvalue weighted by atomic mass is 10.2. The highest BCUT2D eigenvalue weighted by Crippen LogP contribution is 2.21. The van der Waals surface area contributed by atoms with Crippen molar-refractivity contribution < 1.29 is 4.74 Å². The van der Waals surface area contributed by atoms with Crippen LogP contribution in [0.2, 0.25) is 0 Å². The normalized spacial score (nSPS) is 10.8. The average molecular weight is 283 g/mol. The number of nitrogens with zero attached hydrogens (tertiary/aromatic N) is 4. The molecular weight excluding hydrogens is 266 g/mol. The predicted octanol–water partition coefficient (Wildman–Crippen LogP) is 2.29. The molecule has 3 rings (SSSR count). The number of hydrogen-bond acceptors (Lipinski definition) is 5. The number of nitrogens with one attached hydrogen (secondary N) is 1. The second-order valence-electron chi connectivity index (χ2n) is 4.83. The first-order valence-corrected chi connectivity index (χ1v) is 6.70. The Hall–Kier alpha value is -2.63. The number of methoxy groups -OCH3 is 1. The summed E-state index contributed by atoms with van der Waals surface area (Å²) in [4.78, 5) is 8.61. The van der Waals surface area contributed by atoms with E-state index in [1.54, 1.807) is 18.1 Å². The molecule has 108 valence electrons. The molecular formula is C15H17N5O. The van der Waals surface area contributed by atoms with Gasteiger partial charge in [-0.25, -0.2) is 9.97 Å². The third kappa shape index (κ3) is 2.52. The van der Waals surface area contributed by atoms with Crippen LogP contribution in [0.25, 0.3) is 11.0 Å². The van der Waals surface area contributed by atoms with Gasteiger partial charge in [-0.2, -0.15) is 5.10 Å². The van der Waals surface area contributed by atoms with Gasteiger partial charge in [0.25, 0.3) is 0 Å². The van der Waals surface area contributed by atoms with E-state index in [1.165, 1.54) is 0 Å². The first-order valence-electron chi connectivity index (χ1n) is 6.70. The summed E-state index contributed by atoms with van der Waals surface area (Å²) in [6.07, 6.45) is 1.56. The van der Waals surface area contributed by atoms with Crippen LogP contribution in [0, 0.1) is 6.92 Å². The first-order chi connectivity index (χ1) is 10.2. The van der Waals surface area contributed by atoms with Crippen molar-refractivity contribution in [3.63, 3.8) is 0 Å². The van der Waals surface area contributed by atoms with Gasteiger partial charge in [0.2, 0.25) is 0 Å². The number of rotatable bonds is 4. The third-order valence-electron chi connectivity index (χ3n) is 3.41. The van der Waals surface area contributed by atoms with Crippen LogP contribution in [0.1, 0.15) is 11.3 Å². The molecule has 0 atom stereocenters. The van der Waals surface area contributed by atoms with Gasteiger partial charge in [0.1, 0.15) is 23.1 Å². The van der Waals surface area contributed by atoms with Gasteiger partial charge >= 0.3 is 0 Å². The third-order valence-corrected chi connectivity index (χ3v) is 3.41. The van der Waals surface area contributed by atoms with Crippen molar-refractivity contribution in [1.29, 1.82) is 0 Å². The Labute approximate surface area is 122 Å². The monoisotopic (exact) mass is 283 g/mol. The molecule has 2 heterocycles. The molecule has 0 aliphatic rings.